The summed E-state index contributed by atoms with van der Waals surface area (Å²) in [7, 11) is 0. The first-order chi connectivity index (χ1) is 4.45. The molecule has 0 fully saturated rings. The lowest BCUT2D eigenvalue weighted by molar-refractivity contribution is 0.0641. The summed E-state index contributed by atoms with van der Waals surface area (Å²) >= 11 is 0. The minimum Gasteiger partial charge on any atom is -0.390 e. The predicted octanol–water partition coefficient (Wildman–Crippen LogP) is 2.58. The maximum Gasteiger partial charge on any atom is 0.0591 e. The Balaban J connectivity index is 3.36. The van der Waals surface area contributed by atoms with Gasteiger partial charge in [-0.25, -0.2) is 0 Å². The van der Waals surface area contributed by atoms with Crippen molar-refractivity contribution < 1.29 is 5.11 Å². The smallest absolute Gasteiger partial charge is 0.0591 e. The van der Waals surface area contributed by atoms with Gasteiger partial charge in [0.2, 0.25) is 0 Å². The van der Waals surface area contributed by atoms with Gasteiger partial charge in [0, 0.05) is 0 Å². The quantitative estimate of drug-likeness (QED) is 0.643. The van der Waals surface area contributed by atoms with E-state index >= 15 is 0 Å². The molecule has 10 heavy (non-hydrogen) atoms. The highest BCUT2D eigenvalue weighted by Crippen LogP contribution is 2.17. The summed E-state index contributed by atoms with van der Waals surface area (Å²) in [5, 5.41) is 9.36. The van der Waals surface area contributed by atoms with Gasteiger partial charge < -0.3 is 5.11 Å². The van der Waals surface area contributed by atoms with E-state index in [4.69, 9.17) is 0 Å². The van der Waals surface area contributed by atoms with Gasteiger partial charge in [-0.15, -0.1) is 0 Å². The molecule has 0 saturated heterocycles. The Morgan fingerprint density at radius 1 is 1.40 bits per heavy atom. The number of hydrogen-bond acceptors (Lipinski definition) is 1. The molecule has 0 heterocycles. The van der Waals surface area contributed by atoms with Crippen LogP contribution in [-0.4, -0.2) is 10.7 Å². The SMILES string of the molecule is CC[C@@H](C)CCC(C)(C)O. The molecule has 0 bridgehead atoms. The zero-order chi connectivity index (χ0) is 8.20. The second-order valence-electron chi connectivity index (χ2n) is 3.86. The van der Waals surface area contributed by atoms with Crippen molar-refractivity contribution in [3.8, 4) is 0 Å². The van der Waals surface area contributed by atoms with Crippen LogP contribution in [0.1, 0.15) is 47.0 Å². The van der Waals surface area contributed by atoms with Gasteiger partial charge in [-0.2, -0.15) is 0 Å². The Bertz CT molecular complexity index is 81.2. The molecular weight excluding hydrogens is 124 g/mol. The van der Waals surface area contributed by atoms with Crippen molar-refractivity contribution in [3.63, 3.8) is 0 Å². The maximum atomic E-state index is 9.36. The van der Waals surface area contributed by atoms with Crippen molar-refractivity contribution >= 4 is 0 Å². The van der Waals surface area contributed by atoms with Gasteiger partial charge >= 0.3 is 0 Å². The first kappa shape index (κ1) is 9.96. The van der Waals surface area contributed by atoms with Gasteiger partial charge in [0.15, 0.2) is 0 Å². The Morgan fingerprint density at radius 3 is 2.20 bits per heavy atom. The average molecular weight is 144 g/mol. The summed E-state index contributed by atoms with van der Waals surface area (Å²) in [6.45, 7) is 8.16. The molecular formula is C9H20O. The van der Waals surface area contributed by atoms with Crippen LogP contribution < -0.4 is 0 Å². The van der Waals surface area contributed by atoms with Crippen LogP contribution in [0.4, 0.5) is 0 Å². The highest BCUT2D eigenvalue weighted by molar-refractivity contribution is 4.66. The van der Waals surface area contributed by atoms with Crippen molar-refractivity contribution in [1.82, 2.24) is 0 Å². The van der Waals surface area contributed by atoms with Crippen molar-refractivity contribution in [3.05, 3.63) is 0 Å². The van der Waals surface area contributed by atoms with E-state index in [9.17, 15) is 5.11 Å². The Morgan fingerprint density at radius 2 is 1.90 bits per heavy atom. The maximum absolute atomic E-state index is 9.36. The van der Waals surface area contributed by atoms with Gasteiger partial charge in [0.25, 0.3) is 0 Å². The summed E-state index contributed by atoms with van der Waals surface area (Å²) < 4.78 is 0. The summed E-state index contributed by atoms with van der Waals surface area (Å²) in [5.41, 5.74) is -0.469. The van der Waals surface area contributed by atoms with Crippen molar-refractivity contribution in [1.29, 1.82) is 0 Å². The van der Waals surface area contributed by atoms with E-state index in [1.165, 1.54) is 6.42 Å². The molecule has 0 aromatic heterocycles. The van der Waals surface area contributed by atoms with Crippen LogP contribution in [-0.2, 0) is 0 Å². The monoisotopic (exact) mass is 144 g/mol. The topological polar surface area (TPSA) is 20.2 Å². The summed E-state index contributed by atoms with van der Waals surface area (Å²) in [5.74, 6) is 0.756. The van der Waals surface area contributed by atoms with Crippen LogP contribution in [0.5, 0.6) is 0 Å². The fraction of sp³-hybridized carbons (Fsp3) is 1.00. The second-order valence-corrected chi connectivity index (χ2v) is 3.86. The molecule has 0 amide bonds. The lowest BCUT2D eigenvalue weighted by Gasteiger charge is -2.18. The van der Waals surface area contributed by atoms with Gasteiger partial charge in [0.1, 0.15) is 0 Å². The molecule has 0 aromatic rings. The predicted molar refractivity (Wildman–Crippen MR) is 45.0 cm³/mol. The average Bonchev–Trinajstić information content (AvgIpc) is 1.81. The third-order valence-electron chi connectivity index (χ3n) is 1.95. The highest BCUT2D eigenvalue weighted by Gasteiger charge is 2.12. The minimum absolute atomic E-state index is 0.469. The van der Waals surface area contributed by atoms with E-state index in [0.717, 1.165) is 18.8 Å². The number of hydrogen-bond donors (Lipinski definition) is 1. The Labute approximate surface area is 64.5 Å². The summed E-state index contributed by atoms with van der Waals surface area (Å²) in [6, 6.07) is 0. The molecule has 62 valence electrons. The lowest BCUT2D eigenvalue weighted by Crippen LogP contribution is -2.19. The lowest BCUT2D eigenvalue weighted by atomic mass is 9.95. The van der Waals surface area contributed by atoms with Crippen LogP contribution in [0, 0.1) is 5.92 Å². The first-order valence-corrected chi connectivity index (χ1v) is 4.18. The minimum atomic E-state index is -0.469. The molecule has 0 rings (SSSR count). The number of aliphatic hydroxyl groups is 1. The molecule has 0 spiro atoms. The number of rotatable bonds is 4. The third kappa shape index (κ3) is 6.09. The largest absolute Gasteiger partial charge is 0.390 e. The van der Waals surface area contributed by atoms with Crippen molar-refractivity contribution in [2.45, 2.75) is 52.6 Å². The molecule has 0 radical (unpaired) electrons. The fourth-order valence-electron chi connectivity index (χ4n) is 0.804. The van der Waals surface area contributed by atoms with Gasteiger partial charge in [-0.3, -0.25) is 0 Å². The standard InChI is InChI=1S/C9H20O/c1-5-8(2)6-7-9(3,4)10/h8,10H,5-7H2,1-4H3/t8-/m1/s1. The molecule has 1 N–H and O–H groups in total. The molecule has 0 aliphatic heterocycles. The van der Waals surface area contributed by atoms with E-state index in [2.05, 4.69) is 13.8 Å². The van der Waals surface area contributed by atoms with Crippen LogP contribution in [0.3, 0.4) is 0 Å². The molecule has 0 unspecified atom stereocenters. The zero-order valence-electron chi connectivity index (χ0n) is 7.65. The van der Waals surface area contributed by atoms with E-state index < -0.39 is 5.60 Å². The molecule has 0 aromatic carbocycles. The fourth-order valence-corrected chi connectivity index (χ4v) is 0.804. The summed E-state index contributed by atoms with van der Waals surface area (Å²) in [6.07, 6.45) is 3.28. The van der Waals surface area contributed by atoms with Crippen LogP contribution in [0.15, 0.2) is 0 Å². The van der Waals surface area contributed by atoms with Crippen molar-refractivity contribution in [2.24, 2.45) is 5.92 Å². The van der Waals surface area contributed by atoms with Crippen LogP contribution in [0.2, 0.25) is 0 Å². The van der Waals surface area contributed by atoms with Gasteiger partial charge in [-0.1, -0.05) is 20.3 Å². The summed E-state index contributed by atoms with van der Waals surface area (Å²) in [4.78, 5) is 0. The van der Waals surface area contributed by atoms with E-state index in [-0.39, 0.29) is 0 Å². The molecule has 0 aliphatic rings. The molecule has 1 nitrogen and oxygen atoms in total. The molecule has 1 heteroatoms. The van der Waals surface area contributed by atoms with E-state index in [1.807, 2.05) is 13.8 Å². The Kier molecular flexibility index (Phi) is 3.95. The highest BCUT2D eigenvalue weighted by atomic mass is 16.3. The molecule has 0 aliphatic carbocycles. The normalized spacial score (nSPS) is 15.3. The molecule has 1 atom stereocenters. The van der Waals surface area contributed by atoms with Gasteiger partial charge in [-0.05, 0) is 32.6 Å². The van der Waals surface area contributed by atoms with E-state index in [1.54, 1.807) is 0 Å². The second kappa shape index (κ2) is 3.97. The Hall–Kier alpha value is -0.0400. The van der Waals surface area contributed by atoms with Crippen LogP contribution >= 0.6 is 0 Å². The van der Waals surface area contributed by atoms with Gasteiger partial charge in [0.05, 0.1) is 5.60 Å². The third-order valence-corrected chi connectivity index (χ3v) is 1.95. The molecule has 0 saturated carbocycles. The van der Waals surface area contributed by atoms with Crippen molar-refractivity contribution in [2.75, 3.05) is 0 Å². The van der Waals surface area contributed by atoms with Crippen LogP contribution in [0.25, 0.3) is 0 Å². The first-order valence-electron chi connectivity index (χ1n) is 4.18. The zero-order valence-corrected chi connectivity index (χ0v) is 7.65. The van der Waals surface area contributed by atoms with E-state index in [0.29, 0.717) is 0 Å².